The van der Waals surface area contributed by atoms with Crippen molar-refractivity contribution in [3.63, 3.8) is 0 Å². The number of rotatable bonds is 6. The van der Waals surface area contributed by atoms with E-state index in [1.807, 2.05) is 32.1 Å². The number of halogens is 1. The average Bonchev–Trinajstić information content (AvgIpc) is 3.29. The third-order valence-corrected chi connectivity index (χ3v) is 3.89. The third kappa shape index (κ3) is 4.66. The van der Waals surface area contributed by atoms with Gasteiger partial charge in [0.2, 0.25) is 0 Å². The van der Waals surface area contributed by atoms with Gasteiger partial charge in [-0.05, 0) is 68.7 Å². The van der Waals surface area contributed by atoms with Gasteiger partial charge in [-0.25, -0.2) is 4.39 Å². The molecule has 1 fully saturated rings. The van der Waals surface area contributed by atoms with Gasteiger partial charge in [-0.3, -0.25) is 4.99 Å². The molecule has 1 nitrogen and oxygen atoms in total. The highest BCUT2D eigenvalue weighted by molar-refractivity contribution is 6.01. The van der Waals surface area contributed by atoms with Crippen LogP contribution in [0.1, 0.15) is 44.2 Å². The fraction of sp³-hybridized carbons (Fsp3) is 0.421. The Labute approximate surface area is 127 Å². The monoisotopic (exact) mass is 285 g/mol. The highest BCUT2D eigenvalue weighted by Crippen LogP contribution is 2.34. The smallest absolute Gasteiger partial charge is 0.126 e. The first-order valence-electron chi connectivity index (χ1n) is 7.71. The number of benzene rings is 1. The first-order chi connectivity index (χ1) is 10.1. The largest absolute Gasteiger partial charge is 0.284 e. The van der Waals surface area contributed by atoms with Crippen molar-refractivity contribution < 1.29 is 4.39 Å². The summed E-state index contributed by atoms with van der Waals surface area (Å²) in [6.45, 7) is 6.49. The van der Waals surface area contributed by atoms with Crippen molar-refractivity contribution in [1.29, 1.82) is 0 Å². The summed E-state index contributed by atoms with van der Waals surface area (Å²) in [5.74, 6) is 0.597. The summed E-state index contributed by atoms with van der Waals surface area (Å²) < 4.78 is 13.8. The molecule has 0 bridgehead atoms. The zero-order valence-corrected chi connectivity index (χ0v) is 13.2. The maximum Gasteiger partial charge on any atom is 0.126 e. The molecule has 0 spiro atoms. The molecule has 0 radical (unpaired) electrons. The average molecular weight is 285 g/mol. The van der Waals surface area contributed by atoms with E-state index < -0.39 is 0 Å². The Hall–Kier alpha value is -1.70. The van der Waals surface area contributed by atoms with Crippen LogP contribution in [0.4, 0.5) is 4.39 Å². The van der Waals surface area contributed by atoms with Gasteiger partial charge in [0.05, 0.1) is 6.54 Å². The zero-order valence-electron chi connectivity index (χ0n) is 13.2. The predicted molar refractivity (Wildman–Crippen MR) is 88.5 cm³/mol. The van der Waals surface area contributed by atoms with Crippen molar-refractivity contribution in [2.24, 2.45) is 10.9 Å². The van der Waals surface area contributed by atoms with Crippen LogP contribution in [0, 0.1) is 18.7 Å². The number of aliphatic imine (C=N–C) groups is 1. The molecule has 1 aromatic rings. The minimum absolute atomic E-state index is 0.143. The van der Waals surface area contributed by atoms with Gasteiger partial charge in [-0.1, -0.05) is 30.4 Å². The molecule has 2 rings (SSSR count). The van der Waals surface area contributed by atoms with Crippen LogP contribution in [-0.2, 0) is 0 Å². The lowest BCUT2D eigenvalue weighted by Gasteiger charge is -2.08. The number of nitrogens with zero attached hydrogens (tertiary/aromatic N) is 1. The summed E-state index contributed by atoms with van der Waals surface area (Å²) in [5, 5.41) is 0. The molecule has 112 valence electrons. The van der Waals surface area contributed by atoms with Crippen LogP contribution >= 0.6 is 0 Å². The molecule has 0 N–H and O–H groups in total. The summed E-state index contributed by atoms with van der Waals surface area (Å²) in [7, 11) is 0. The Balaban J connectivity index is 2.22. The van der Waals surface area contributed by atoms with E-state index in [2.05, 4.69) is 12.2 Å². The van der Waals surface area contributed by atoms with E-state index in [-0.39, 0.29) is 5.82 Å². The van der Waals surface area contributed by atoms with Crippen molar-refractivity contribution in [3.8, 4) is 0 Å². The molecule has 0 aliphatic heterocycles. The summed E-state index contributed by atoms with van der Waals surface area (Å²) in [4.78, 5) is 4.77. The molecule has 1 aliphatic carbocycles. The Morgan fingerprint density at radius 3 is 2.67 bits per heavy atom. The normalized spacial score (nSPS) is 16.8. The van der Waals surface area contributed by atoms with E-state index in [1.54, 1.807) is 13.0 Å². The maximum atomic E-state index is 13.8. The summed E-state index contributed by atoms with van der Waals surface area (Å²) in [5.41, 5.74) is 3.85. The molecule has 0 heterocycles. The number of hydrogen-bond donors (Lipinski definition) is 0. The molecular weight excluding hydrogens is 261 g/mol. The van der Waals surface area contributed by atoms with Crippen molar-refractivity contribution in [3.05, 3.63) is 58.9 Å². The third-order valence-electron chi connectivity index (χ3n) is 3.89. The lowest BCUT2D eigenvalue weighted by molar-refractivity contribution is 0.618. The van der Waals surface area contributed by atoms with Crippen LogP contribution in [0.3, 0.4) is 0 Å². The van der Waals surface area contributed by atoms with Gasteiger partial charge in [-0.15, -0.1) is 0 Å². The van der Waals surface area contributed by atoms with Gasteiger partial charge in [0.15, 0.2) is 0 Å². The fourth-order valence-electron chi connectivity index (χ4n) is 2.28. The lowest BCUT2D eigenvalue weighted by Crippen LogP contribution is -2.05. The van der Waals surface area contributed by atoms with Crippen molar-refractivity contribution >= 4 is 5.71 Å². The quantitative estimate of drug-likeness (QED) is 0.500. The molecule has 0 amide bonds. The summed E-state index contributed by atoms with van der Waals surface area (Å²) >= 11 is 0. The van der Waals surface area contributed by atoms with Crippen molar-refractivity contribution in [2.45, 2.75) is 40.0 Å². The first-order valence-corrected chi connectivity index (χ1v) is 7.71. The fourth-order valence-corrected chi connectivity index (χ4v) is 2.28. The zero-order chi connectivity index (χ0) is 15.2. The molecule has 0 saturated heterocycles. The minimum Gasteiger partial charge on any atom is -0.284 e. The van der Waals surface area contributed by atoms with E-state index in [9.17, 15) is 4.39 Å². The van der Waals surface area contributed by atoms with Gasteiger partial charge in [-0.2, -0.15) is 0 Å². The van der Waals surface area contributed by atoms with Crippen LogP contribution in [0.5, 0.6) is 0 Å². The second kappa shape index (κ2) is 7.35. The topological polar surface area (TPSA) is 12.4 Å². The highest BCUT2D eigenvalue weighted by atomic mass is 19.1. The molecule has 2 heteroatoms. The van der Waals surface area contributed by atoms with Gasteiger partial charge in [0.25, 0.3) is 0 Å². The predicted octanol–water partition coefficient (Wildman–Crippen LogP) is 5.25. The Morgan fingerprint density at radius 1 is 1.33 bits per heavy atom. The summed E-state index contributed by atoms with van der Waals surface area (Å²) in [6.07, 6.45) is 9.70. The molecule has 0 atom stereocenters. The van der Waals surface area contributed by atoms with Gasteiger partial charge in [0, 0.05) is 5.71 Å². The standard InChI is InChI=1S/C19H24FN/c1-4-6-15(5-2)13-21-19(11-16-8-9-16)17-10-7-14(3)18(20)12-17/h4-7,10,12,16H,8-9,11,13H2,1-3H3/b6-4-,15-5+,21-19+. The van der Waals surface area contributed by atoms with Crippen LogP contribution in [0.2, 0.25) is 0 Å². The Morgan fingerprint density at radius 2 is 2.10 bits per heavy atom. The maximum absolute atomic E-state index is 13.8. The van der Waals surface area contributed by atoms with Gasteiger partial charge < -0.3 is 0 Å². The van der Waals surface area contributed by atoms with E-state index >= 15 is 0 Å². The molecular formula is C19H24FN. The number of allylic oxidation sites excluding steroid dienone is 2. The first kappa shape index (κ1) is 15.7. The van der Waals surface area contributed by atoms with Crippen LogP contribution < -0.4 is 0 Å². The van der Waals surface area contributed by atoms with E-state index in [0.717, 1.165) is 23.6 Å². The van der Waals surface area contributed by atoms with E-state index in [1.165, 1.54) is 18.4 Å². The Bertz CT molecular complexity index is 577. The summed E-state index contributed by atoms with van der Waals surface area (Å²) in [6, 6.07) is 5.46. The van der Waals surface area contributed by atoms with Gasteiger partial charge >= 0.3 is 0 Å². The molecule has 21 heavy (non-hydrogen) atoms. The van der Waals surface area contributed by atoms with Crippen molar-refractivity contribution in [2.75, 3.05) is 6.54 Å². The van der Waals surface area contributed by atoms with Crippen LogP contribution in [0.15, 0.2) is 47.0 Å². The highest BCUT2D eigenvalue weighted by Gasteiger charge is 2.24. The second-order valence-electron chi connectivity index (χ2n) is 5.74. The molecule has 1 aliphatic rings. The minimum atomic E-state index is -0.143. The number of aryl methyl sites for hydroxylation is 1. The van der Waals surface area contributed by atoms with Crippen molar-refractivity contribution in [1.82, 2.24) is 0 Å². The van der Waals surface area contributed by atoms with E-state index in [4.69, 9.17) is 4.99 Å². The Kier molecular flexibility index (Phi) is 5.49. The molecule has 1 aromatic carbocycles. The van der Waals surface area contributed by atoms with Gasteiger partial charge in [0.1, 0.15) is 5.82 Å². The van der Waals surface area contributed by atoms with E-state index in [0.29, 0.717) is 12.1 Å². The molecule has 1 saturated carbocycles. The lowest BCUT2D eigenvalue weighted by atomic mass is 10.0. The molecule has 0 aromatic heterocycles. The van der Waals surface area contributed by atoms with Crippen LogP contribution in [-0.4, -0.2) is 12.3 Å². The SMILES string of the molecule is C/C=C\C(=C/C)C/N=C(\CC1CC1)c1ccc(C)c(F)c1. The molecule has 0 unspecified atom stereocenters. The number of hydrogen-bond acceptors (Lipinski definition) is 1. The second-order valence-corrected chi connectivity index (χ2v) is 5.74. The van der Waals surface area contributed by atoms with Crippen LogP contribution in [0.25, 0.3) is 0 Å².